The number of carboxylic acids is 1. The van der Waals surface area contributed by atoms with Crippen LogP contribution in [0, 0.1) is 5.92 Å². The molecule has 6 nitrogen and oxygen atoms in total. The van der Waals surface area contributed by atoms with Crippen LogP contribution in [0.3, 0.4) is 0 Å². The first kappa shape index (κ1) is 17.3. The number of rotatable bonds is 4. The number of phenolic OH excluding ortho intramolecular Hbond substituents is 2. The molecule has 122 valence electrons. The molecule has 0 saturated carbocycles. The van der Waals surface area contributed by atoms with Crippen LogP contribution in [0.4, 0.5) is 0 Å². The minimum atomic E-state index is -1.37. The fourth-order valence-electron chi connectivity index (χ4n) is 2.19. The summed E-state index contributed by atoms with van der Waals surface area (Å²) in [5.41, 5.74) is 0.317. The van der Waals surface area contributed by atoms with Gasteiger partial charge < -0.3 is 20.1 Å². The number of thioether (sulfide) groups is 1. The third kappa shape index (κ3) is 3.48. The molecule has 0 spiro atoms. The number of phenols is 2. The maximum Gasteiger partial charge on any atom is 0.266 e. The van der Waals surface area contributed by atoms with E-state index < -0.39 is 17.9 Å². The molecule has 0 aliphatic carbocycles. The normalized spacial score (nSPS) is 18.0. The van der Waals surface area contributed by atoms with Gasteiger partial charge in [0.25, 0.3) is 5.91 Å². The van der Waals surface area contributed by atoms with E-state index in [0.29, 0.717) is 5.56 Å². The van der Waals surface area contributed by atoms with Gasteiger partial charge in [0.2, 0.25) is 0 Å². The van der Waals surface area contributed by atoms with Crippen LogP contribution >= 0.6 is 24.0 Å². The van der Waals surface area contributed by atoms with Gasteiger partial charge >= 0.3 is 0 Å². The Morgan fingerprint density at radius 1 is 1.39 bits per heavy atom. The Morgan fingerprint density at radius 3 is 2.57 bits per heavy atom. The van der Waals surface area contributed by atoms with E-state index in [2.05, 4.69) is 0 Å². The van der Waals surface area contributed by atoms with Crippen molar-refractivity contribution < 1.29 is 24.9 Å². The zero-order valence-electron chi connectivity index (χ0n) is 12.3. The highest BCUT2D eigenvalue weighted by atomic mass is 32.2. The summed E-state index contributed by atoms with van der Waals surface area (Å²) in [5.74, 6) is -2.59. The number of aromatic hydroxyl groups is 2. The van der Waals surface area contributed by atoms with E-state index in [1.54, 1.807) is 13.8 Å². The Labute approximate surface area is 142 Å². The molecule has 0 aromatic heterocycles. The molecule has 1 aromatic rings. The number of benzene rings is 1. The van der Waals surface area contributed by atoms with Gasteiger partial charge in [-0.15, -0.1) is 0 Å². The van der Waals surface area contributed by atoms with Crippen molar-refractivity contribution in [2.45, 2.75) is 19.9 Å². The molecule has 0 radical (unpaired) electrons. The molecular weight excluding hydrogens is 338 g/mol. The molecule has 1 aliphatic heterocycles. The zero-order valence-corrected chi connectivity index (χ0v) is 14.0. The molecule has 8 heteroatoms. The molecule has 1 aromatic carbocycles. The summed E-state index contributed by atoms with van der Waals surface area (Å²) in [7, 11) is 0. The highest BCUT2D eigenvalue weighted by molar-refractivity contribution is 8.26. The Kier molecular flexibility index (Phi) is 4.96. The van der Waals surface area contributed by atoms with Crippen molar-refractivity contribution in [3.63, 3.8) is 0 Å². The van der Waals surface area contributed by atoms with Crippen LogP contribution in [0.1, 0.15) is 19.4 Å². The van der Waals surface area contributed by atoms with E-state index >= 15 is 0 Å². The first-order chi connectivity index (χ1) is 10.7. The Balaban J connectivity index is 2.37. The molecule has 1 atom stereocenters. The number of carboxylic acid groups (broad SMARTS) is 1. The molecular formula is C15H14NO5S2-. The average Bonchev–Trinajstić information content (AvgIpc) is 2.69. The number of hydrogen-bond acceptors (Lipinski definition) is 7. The first-order valence-electron chi connectivity index (χ1n) is 6.72. The van der Waals surface area contributed by atoms with E-state index in [1.165, 1.54) is 18.2 Å². The predicted octanol–water partition coefficient (Wildman–Crippen LogP) is 1.07. The van der Waals surface area contributed by atoms with Crippen molar-refractivity contribution in [1.82, 2.24) is 4.90 Å². The van der Waals surface area contributed by atoms with Crippen molar-refractivity contribution >= 4 is 46.3 Å². The number of hydrogen-bond donors (Lipinski definition) is 2. The first-order valence-corrected chi connectivity index (χ1v) is 7.94. The van der Waals surface area contributed by atoms with Crippen LogP contribution in [0.25, 0.3) is 6.08 Å². The van der Waals surface area contributed by atoms with E-state index in [0.717, 1.165) is 22.7 Å². The molecule has 2 N–H and O–H groups in total. The van der Waals surface area contributed by atoms with Crippen LogP contribution in [0.15, 0.2) is 23.1 Å². The lowest BCUT2D eigenvalue weighted by Gasteiger charge is -2.30. The molecule has 1 saturated heterocycles. The second-order valence-electron chi connectivity index (χ2n) is 5.30. The lowest BCUT2D eigenvalue weighted by molar-refractivity contribution is -0.311. The second-order valence-corrected chi connectivity index (χ2v) is 6.98. The number of carbonyl (C=O) groups is 2. The number of nitrogens with zero attached hydrogens (tertiary/aromatic N) is 1. The number of carbonyl (C=O) groups excluding carboxylic acids is 2. The predicted molar refractivity (Wildman–Crippen MR) is 88.4 cm³/mol. The molecule has 1 fully saturated rings. The second kappa shape index (κ2) is 6.59. The fraction of sp³-hybridized carbons (Fsp3) is 0.267. The Morgan fingerprint density at radius 2 is 2.04 bits per heavy atom. The van der Waals surface area contributed by atoms with Crippen LogP contribution in [-0.2, 0) is 9.59 Å². The topological polar surface area (TPSA) is 101 Å². The van der Waals surface area contributed by atoms with Gasteiger partial charge in [0.1, 0.15) is 15.8 Å². The van der Waals surface area contributed by atoms with Gasteiger partial charge in [0.15, 0.2) is 0 Å². The summed E-state index contributed by atoms with van der Waals surface area (Å²) in [5, 5.41) is 30.4. The molecule has 0 bridgehead atoms. The van der Waals surface area contributed by atoms with Gasteiger partial charge in [-0.05, 0) is 24.1 Å². The SMILES string of the molecule is CC(C)[C@@H](C(=O)[O-])N1C(=O)/C(=C\c2ccc(O)cc2O)SC1=S. The Bertz CT molecular complexity index is 714. The van der Waals surface area contributed by atoms with Crippen molar-refractivity contribution in [3.05, 3.63) is 28.7 Å². The lowest BCUT2D eigenvalue weighted by Crippen LogP contribution is -2.52. The van der Waals surface area contributed by atoms with Crippen LogP contribution in [0.2, 0.25) is 0 Å². The highest BCUT2D eigenvalue weighted by Gasteiger charge is 2.39. The third-order valence-electron chi connectivity index (χ3n) is 3.28. The van der Waals surface area contributed by atoms with Crippen LogP contribution < -0.4 is 5.11 Å². The zero-order chi connectivity index (χ0) is 17.3. The van der Waals surface area contributed by atoms with E-state index in [9.17, 15) is 24.9 Å². The lowest BCUT2D eigenvalue weighted by atomic mass is 10.0. The van der Waals surface area contributed by atoms with Crippen LogP contribution in [-0.4, -0.2) is 37.4 Å². The molecule has 1 aliphatic rings. The molecule has 1 heterocycles. The van der Waals surface area contributed by atoms with Gasteiger partial charge in [-0.2, -0.15) is 0 Å². The van der Waals surface area contributed by atoms with Crippen molar-refractivity contribution in [2.24, 2.45) is 5.92 Å². The summed E-state index contributed by atoms with van der Waals surface area (Å²) >= 11 is 6.07. The minimum absolute atomic E-state index is 0.107. The van der Waals surface area contributed by atoms with Gasteiger partial charge in [-0.25, -0.2) is 0 Å². The number of thiocarbonyl (C=S) groups is 1. The summed E-state index contributed by atoms with van der Waals surface area (Å²) in [6, 6.07) is 2.80. The van der Waals surface area contributed by atoms with Gasteiger partial charge in [0.05, 0.1) is 16.9 Å². The third-order valence-corrected chi connectivity index (χ3v) is 4.61. The van der Waals surface area contributed by atoms with Crippen molar-refractivity contribution in [1.29, 1.82) is 0 Å². The number of amides is 1. The molecule has 23 heavy (non-hydrogen) atoms. The van der Waals surface area contributed by atoms with Crippen molar-refractivity contribution in [2.75, 3.05) is 0 Å². The minimum Gasteiger partial charge on any atom is -0.548 e. The highest BCUT2D eigenvalue weighted by Crippen LogP contribution is 2.36. The quantitative estimate of drug-likeness (QED) is 0.617. The Hall–Kier alpha value is -2.06. The van der Waals surface area contributed by atoms with Crippen molar-refractivity contribution in [3.8, 4) is 11.5 Å². The van der Waals surface area contributed by atoms with Crippen LogP contribution in [0.5, 0.6) is 11.5 Å². The number of aliphatic carboxylic acids is 1. The summed E-state index contributed by atoms with van der Waals surface area (Å²) in [6.45, 7) is 3.32. The van der Waals surface area contributed by atoms with Gasteiger partial charge in [-0.3, -0.25) is 9.69 Å². The monoisotopic (exact) mass is 352 g/mol. The van der Waals surface area contributed by atoms with E-state index in [1.807, 2.05) is 0 Å². The average molecular weight is 352 g/mol. The smallest absolute Gasteiger partial charge is 0.266 e. The molecule has 2 rings (SSSR count). The van der Waals surface area contributed by atoms with Gasteiger partial charge in [-0.1, -0.05) is 37.8 Å². The van der Waals surface area contributed by atoms with E-state index in [-0.39, 0.29) is 26.6 Å². The molecule has 1 amide bonds. The standard InChI is InChI=1S/C15H15NO5S2/c1-7(2)12(14(20)21)16-13(19)11(23-15(16)22)5-8-3-4-9(17)6-10(8)18/h3-7,12,17-18H,1-2H3,(H,20,21)/p-1/b11-5+/t12-/m0/s1. The summed E-state index contributed by atoms with van der Waals surface area (Å²) in [6.07, 6.45) is 1.40. The van der Waals surface area contributed by atoms with Gasteiger partial charge in [0, 0.05) is 11.6 Å². The fourth-order valence-corrected chi connectivity index (χ4v) is 3.51. The largest absolute Gasteiger partial charge is 0.548 e. The maximum atomic E-state index is 12.5. The summed E-state index contributed by atoms with van der Waals surface area (Å²) in [4.78, 5) is 25.0. The summed E-state index contributed by atoms with van der Waals surface area (Å²) < 4.78 is 0.127. The van der Waals surface area contributed by atoms with E-state index in [4.69, 9.17) is 12.2 Å². The molecule has 0 unspecified atom stereocenters. The maximum absolute atomic E-state index is 12.5.